The van der Waals surface area contributed by atoms with Crippen molar-refractivity contribution in [1.82, 2.24) is 4.98 Å². The van der Waals surface area contributed by atoms with Gasteiger partial charge in [0.2, 0.25) is 0 Å². The fourth-order valence-electron chi connectivity index (χ4n) is 2.51. The van der Waals surface area contributed by atoms with Crippen molar-refractivity contribution in [3.8, 4) is 17.2 Å². The molecule has 1 aromatic carbocycles. The van der Waals surface area contributed by atoms with Crippen LogP contribution < -0.4 is 24.8 Å². The van der Waals surface area contributed by atoms with Crippen molar-refractivity contribution in [3.63, 3.8) is 0 Å². The molecule has 1 aliphatic rings. The molecule has 1 amide bonds. The molecule has 0 atom stereocenters. The van der Waals surface area contributed by atoms with Crippen molar-refractivity contribution < 1.29 is 23.8 Å². The van der Waals surface area contributed by atoms with Crippen LogP contribution in [0.25, 0.3) is 0 Å². The molecule has 2 aromatic rings. The lowest BCUT2D eigenvalue weighted by Gasteiger charge is -2.27. The number of fused-ring (bicyclic) bond motifs is 1. The zero-order valence-electron chi connectivity index (χ0n) is 13.8. The number of hydrogen-bond donors (Lipinski definition) is 1. The first kappa shape index (κ1) is 16.6. The number of nitrogens with two attached hydrogens (primary N) is 1. The summed E-state index contributed by atoms with van der Waals surface area (Å²) in [5.41, 5.74) is 6.03. The van der Waals surface area contributed by atoms with Gasteiger partial charge in [0, 0.05) is 6.07 Å². The minimum atomic E-state index is -0.369. The van der Waals surface area contributed by atoms with E-state index in [9.17, 15) is 9.59 Å². The second-order valence-electron chi connectivity index (χ2n) is 5.32. The largest absolute Gasteiger partial charge is 0.497 e. The zero-order chi connectivity index (χ0) is 18.0. The monoisotopic (exact) mass is 343 g/mol. The molecule has 2 heterocycles. The van der Waals surface area contributed by atoms with Crippen LogP contribution in [-0.4, -0.2) is 44.0 Å². The molecular weight excluding hydrogens is 326 g/mol. The number of nitrogens with zero attached hydrogens (tertiary/aromatic N) is 2. The van der Waals surface area contributed by atoms with Crippen LogP contribution in [0.4, 0.5) is 11.6 Å². The Morgan fingerprint density at radius 1 is 1.28 bits per heavy atom. The second kappa shape index (κ2) is 6.68. The number of benzene rings is 1. The summed E-state index contributed by atoms with van der Waals surface area (Å²) in [5.74, 6) is 1.13. The van der Waals surface area contributed by atoms with Gasteiger partial charge in [-0.3, -0.25) is 14.5 Å². The Kier molecular flexibility index (Phi) is 4.42. The molecule has 0 aliphatic carbocycles. The fourth-order valence-corrected chi connectivity index (χ4v) is 2.51. The summed E-state index contributed by atoms with van der Waals surface area (Å²) in [7, 11) is 2.98. The number of ether oxygens (including phenoxy) is 3. The predicted octanol–water partition coefficient (Wildman–Crippen LogP) is 1.29. The third-order valence-electron chi connectivity index (χ3n) is 3.78. The van der Waals surface area contributed by atoms with E-state index in [0.29, 0.717) is 22.8 Å². The van der Waals surface area contributed by atoms with Gasteiger partial charge in [-0.2, -0.15) is 0 Å². The molecule has 0 bridgehead atoms. The van der Waals surface area contributed by atoms with Gasteiger partial charge in [-0.1, -0.05) is 0 Å². The minimum absolute atomic E-state index is 0.161. The van der Waals surface area contributed by atoms with Crippen molar-refractivity contribution >= 4 is 23.3 Å². The van der Waals surface area contributed by atoms with Gasteiger partial charge in [0.15, 0.2) is 24.0 Å². The summed E-state index contributed by atoms with van der Waals surface area (Å²) in [4.78, 5) is 30.3. The summed E-state index contributed by atoms with van der Waals surface area (Å²) in [6.07, 6.45) is 0. The summed E-state index contributed by atoms with van der Waals surface area (Å²) in [6, 6.07) is 8.05. The number of nitrogen functional groups attached to an aromatic ring is 1. The van der Waals surface area contributed by atoms with Crippen molar-refractivity contribution in [2.24, 2.45) is 0 Å². The van der Waals surface area contributed by atoms with Crippen molar-refractivity contribution in [3.05, 3.63) is 35.9 Å². The first-order valence-electron chi connectivity index (χ1n) is 7.48. The molecular formula is C17H17N3O5. The van der Waals surface area contributed by atoms with Crippen LogP contribution in [0.3, 0.4) is 0 Å². The smallest absolute Gasteiger partial charge is 0.266 e. The van der Waals surface area contributed by atoms with Gasteiger partial charge < -0.3 is 19.9 Å². The maximum absolute atomic E-state index is 12.7. The highest BCUT2D eigenvalue weighted by molar-refractivity contribution is 6.08. The number of rotatable bonds is 5. The summed E-state index contributed by atoms with van der Waals surface area (Å²) >= 11 is 0. The van der Waals surface area contributed by atoms with Gasteiger partial charge in [0.25, 0.3) is 5.91 Å². The number of amides is 1. The molecule has 130 valence electrons. The highest BCUT2D eigenvalue weighted by Crippen LogP contribution is 2.32. The fraction of sp³-hybridized carbons (Fsp3) is 0.235. The van der Waals surface area contributed by atoms with Crippen LogP contribution in [-0.2, 0) is 4.79 Å². The number of anilines is 2. The Morgan fingerprint density at radius 2 is 2.08 bits per heavy atom. The van der Waals surface area contributed by atoms with E-state index >= 15 is 0 Å². The molecule has 2 N–H and O–H groups in total. The molecule has 1 aliphatic heterocycles. The van der Waals surface area contributed by atoms with Gasteiger partial charge in [-0.15, -0.1) is 0 Å². The molecule has 8 nitrogen and oxygen atoms in total. The van der Waals surface area contributed by atoms with Crippen LogP contribution in [0.15, 0.2) is 30.3 Å². The Bertz CT molecular complexity index is 837. The molecule has 0 fully saturated rings. The number of ketones is 1. The number of methoxy groups -OCH3 is 2. The SMILES string of the molecule is COc1ccc(C(=O)CN2C(=O)COc3ccc(N)nc32)c(OC)c1. The van der Waals surface area contributed by atoms with E-state index < -0.39 is 0 Å². The van der Waals surface area contributed by atoms with E-state index in [-0.39, 0.29) is 36.5 Å². The average Bonchev–Trinajstić information content (AvgIpc) is 2.63. The van der Waals surface area contributed by atoms with E-state index in [2.05, 4.69) is 4.98 Å². The van der Waals surface area contributed by atoms with Crippen LogP contribution in [0.1, 0.15) is 10.4 Å². The first-order valence-corrected chi connectivity index (χ1v) is 7.48. The Balaban J connectivity index is 1.91. The lowest BCUT2D eigenvalue weighted by Crippen LogP contribution is -2.42. The molecule has 25 heavy (non-hydrogen) atoms. The van der Waals surface area contributed by atoms with Gasteiger partial charge >= 0.3 is 0 Å². The lowest BCUT2D eigenvalue weighted by molar-refractivity contribution is -0.121. The topological polar surface area (TPSA) is 104 Å². The van der Waals surface area contributed by atoms with Gasteiger partial charge in [0.05, 0.1) is 26.3 Å². The minimum Gasteiger partial charge on any atom is -0.497 e. The molecule has 1 aromatic heterocycles. The van der Waals surface area contributed by atoms with Crippen LogP contribution >= 0.6 is 0 Å². The lowest BCUT2D eigenvalue weighted by atomic mass is 10.1. The summed E-state index contributed by atoms with van der Waals surface area (Å²) in [6.45, 7) is -0.361. The standard InChI is InChI=1S/C17H17N3O5/c1-23-10-3-4-11(14(7-10)24-2)12(21)8-20-16(22)9-25-13-5-6-15(18)19-17(13)20/h3-7H,8-9H2,1-2H3,(H2,18,19). The van der Waals surface area contributed by atoms with E-state index in [1.165, 1.54) is 19.1 Å². The Morgan fingerprint density at radius 3 is 2.80 bits per heavy atom. The van der Waals surface area contributed by atoms with E-state index in [1.54, 1.807) is 30.3 Å². The highest BCUT2D eigenvalue weighted by Gasteiger charge is 2.30. The van der Waals surface area contributed by atoms with Crippen LogP contribution in [0.5, 0.6) is 17.2 Å². The average molecular weight is 343 g/mol. The zero-order valence-corrected chi connectivity index (χ0v) is 13.8. The van der Waals surface area contributed by atoms with Crippen LogP contribution in [0, 0.1) is 0 Å². The number of pyridine rings is 1. The maximum atomic E-state index is 12.7. The van der Waals surface area contributed by atoms with Gasteiger partial charge in [-0.25, -0.2) is 4.98 Å². The maximum Gasteiger partial charge on any atom is 0.266 e. The second-order valence-corrected chi connectivity index (χ2v) is 5.32. The number of aromatic nitrogens is 1. The number of Topliss-reactive ketones (excluding diaryl/α,β-unsaturated/α-hetero) is 1. The molecule has 3 rings (SSSR count). The Hall–Kier alpha value is -3.29. The number of carbonyl (C=O) groups excluding carboxylic acids is 2. The summed E-state index contributed by atoms with van der Waals surface area (Å²) in [5, 5.41) is 0. The highest BCUT2D eigenvalue weighted by atomic mass is 16.5. The Labute approximate surface area is 144 Å². The molecule has 0 saturated carbocycles. The van der Waals surface area contributed by atoms with Gasteiger partial charge in [-0.05, 0) is 24.3 Å². The van der Waals surface area contributed by atoms with Gasteiger partial charge in [0.1, 0.15) is 17.3 Å². The number of carbonyl (C=O) groups is 2. The summed E-state index contributed by atoms with van der Waals surface area (Å²) < 4.78 is 15.7. The van der Waals surface area contributed by atoms with E-state index in [4.69, 9.17) is 19.9 Å². The first-order chi connectivity index (χ1) is 12.0. The van der Waals surface area contributed by atoms with Crippen molar-refractivity contribution in [1.29, 1.82) is 0 Å². The quantitative estimate of drug-likeness (QED) is 0.816. The van der Waals surface area contributed by atoms with Crippen molar-refractivity contribution in [2.75, 3.05) is 38.0 Å². The molecule has 0 unspecified atom stereocenters. The molecule has 0 saturated heterocycles. The molecule has 0 spiro atoms. The third kappa shape index (κ3) is 3.18. The number of hydrogen-bond acceptors (Lipinski definition) is 7. The molecule has 0 radical (unpaired) electrons. The third-order valence-corrected chi connectivity index (χ3v) is 3.78. The predicted molar refractivity (Wildman–Crippen MR) is 90.4 cm³/mol. The van der Waals surface area contributed by atoms with Crippen LogP contribution in [0.2, 0.25) is 0 Å². The molecule has 8 heteroatoms. The normalized spacial score (nSPS) is 13.0. The van der Waals surface area contributed by atoms with Crippen molar-refractivity contribution in [2.45, 2.75) is 0 Å². The van der Waals surface area contributed by atoms with E-state index in [1.807, 2.05) is 0 Å². The van der Waals surface area contributed by atoms with E-state index in [0.717, 1.165) is 0 Å².